The molecule has 19 heavy (non-hydrogen) atoms. The number of ether oxygens (including phenoxy) is 1. The lowest BCUT2D eigenvalue weighted by molar-refractivity contribution is -0.120. The summed E-state index contributed by atoms with van der Waals surface area (Å²) < 4.78 is 5.12. The number of carbonyl (C=O) groups is 2. The Labute approximate surface area is 114 Å². The van der Waals surface area contributed by atoms with Gasteiger partial charge < -0.3 is 15.8 Å². The number of amides is 2. The van der Waals surface area contributed by atoms with Crippen LogP contribution < -0.4 is 21.1 Å². The zero-order valence-corrected chi connectivity index (χ0v) is 10.6. The molecule has 1 aromatic carbocycles. The Balaban J connectivity index is 2.06. The maximum atomic E-state index is 11.4. The zero-order chi connectivity index (χ0) is 13.8. The van der Waals surface area contributed by atoms with Gasteiger partial charge in [0.15, 0.2) is 11.7 Å². The van der Waals surface area contributed by atoms with Crippen LogP contribution >= 0.6 is 12.2 Å². The van der Waals surface area contributed by atoms with E-state index in [-0.39, 0.29) is 17.6 Å². The van der Waals surface area contributed by atoms with Crippen molar-refractivity contribution in [1.82, 2.24) is 10.6 Å². The Morgan fingerprint density at radius 1 is 1.32 bits per heavy atom. The van der Waals surface area contributed by atoms with Gasteiger partial charge in [0.05, 0.1) is 0 Å². The van der Waals surface area contributed by atoms with Crippen LogP contribution in [-0.4, -0.2) is 23.5 Å². The maximum absolute atomic E-state index is 11.4. The molecule has 0 unspecified atom stereocenters. The number of nitrogens with two attached hydrogens (primary N) is 1. The van der Waals surface area contributed by atoms with Crippen LogP contribution in [0.4, 0.5) is 0 Å². The van der Waals surface area contributed by atoms with E-state index in [0.29, 0.717) is 11.4 Å². The van der Waals surface area contributed by atoms with Crippen molar-refractivity contribution in [1.29, 1.82) is 0 Å². The normalized spacial score (nSPS) is 16.1. The lowest BCUT2D eigenvalue weighted by Gasteiger charge is -2.03. The molecule has 6 nitrogen and oxygen atoms in total. The molecule has 1 aliphatic rings. The number of hydrogen-bond acceptors (Lipinski definition) is 4. The molecule has 2 amide bonds. The van der Waals surface area contributed by atoms with E-state index in [0.717, 1.165) is 5.56 Å². The summed E-state index contributed by atoms with van der Waals surface area (Å²) in [5, 5.41) is 5.50. The number of nitrogens with one attached hydrogen (secondary N) is 2. The van der Waals surface area contributed by atoms with Crippen molar-refractivity contribution in [2.75, 3.05) is 6.61 Å². The van der Waals surface area contributed by atoms with Gasteiger partial charge in [0.25, 0.3) is 11.8 Å². The van der Waals surface area contributed by atoms with Crippen LogP contribution in [0.25, 0.3) is 6.08 Å². The maximum Gasteiger partial charge on any atom is 0.273 e. The van der Waals surface area contributed by atoms with Crippen molar-refractivity contribution in [3.8, 4) is 5.75 Å². The predicted octanol–water partition coefficient (Wildman–Crippen LogP) is -0.104. The number of thiocarbonyl (C=S) groups is 1. The number of benzene rings is 1. The van der Waals surface area contributed by atoms with Crippen LogP contribution in [0.1, 0.15) is 5.56 Å². The molecule has 1 aromatic rings. The van der Waals surface area contributed by atoms with E-state index in [1.54, 1.807) is 30.3 Å². The van der Waals surface area contributed by atoms with Gasteiger partial charge in [-0.15, -0.1) is 0 Å². The molecule has 98 valence electrons. The Kier molecular flexibility index (Phi) is 3.76. The minimum absolute atomic E-state index is 0.168. The third kappa shape index (κ3) is 3.52. The molecule has 0 saturated carbocycles. The topological polar surface area (TPSA) is 93.5 Å². The van der Waals surface area contributed by atoms with Crippen LogP contribution in [0.2, 0.25) is 0 Å². The lowest BCUT2D eigenvalue weighted by Crippen LogP contribution is -2.21. The van der Waals surface area contributed by atoms with E-state index in [9.17, 15) is 9.59 Å². The molecule has 4 N–H and O–H groups in total. The van der Waals surface area contributed by atoms with Crippen LogP contribution in [-0.2, 0) is 9.59 Å². The Bertz CT molecular complexity index is 566. The Morgan fingerprint density at radius 2 is 2.00 bits per heavy atom. The summed E-state index contributed by atoms with van der Waals surface area (Å²) in [5.74, 6) is -0.272. The SMILES string of the molecule is NC(=O)COc1ccc(C=C2NC(=S)NC2=O)cc1. The van der Waals surface area contributed by atoms with Crippen molar-refractivity contribution in [3.05, 3.63) is 35.5 Å². The van der Waals surface area contributed by atoms with Crippen molar-refractivity contribution in [2.24, 2.45) is 5.73 Å². The van der Waals surface area contributed by atoms with E-state index in [4.69, 9.17) is 22.7 Å². The van der Waals surface area contributed by atoms with Crippen LogP contribution in [0, 0.1) is 0 Å². The highest BCUT2D eigenvalue weighted by atomic mass is 32.1. The standard InChI is InChI=1S/C12H11N3O3S/c13-10(16)6-18-8-3-1-7(2-4-8)5-9-11(17)15-12(19)14-9/h1-5H,6H2,(H2,13,16)(H2,14,15,17,19). The third-order valence-corrected chi connectivity index (χ3v) is 2.50. The molecule has 1 fully saturated rings. The van der Waals surface area contributed by atoms with Gasteiger partial charge in [-0.25, -0.2) is 0 Å². The van der Waals surface area contributed by atoms with Crippen LogP contribution in [0.3, 0.4) is 0 Å². The first-order valence-electron chi connectivity index (χ1n) is 5.40. The monoisotopic (exact) mass is 277 g/mol. The van der Waals surface area contributed by atoms with Gasteiger partial charge in [-0.1, -0.05) is 12.1 Å². The van der Waals surface area contributed by atoms with Crippen molar-refractivity contribution < 1.29 is 14.3 Å². The highest BCUT2D eigenvalue weighted by Gasteiger charge is 2.19. The fourth-order valence-corrected chi connectivity index (χ4v) is 1.67. The summed E-state index contributed by atoms with van der Waals surface area (Å²) in [6.07, 6.45) is 1.66. The van der Waals surface area contributed by atoms with Crippen molar-refractivity contribution in [3.63, 3.8) is 0 Å². The van der Waals surface area contributed by atoms with Gasteiger partial charge in [-0.05, 0) is 36.0 Å². The summed E-state index contributed by atoms with van der Waals surface area (Å²) >= 11 is 4.82. The van der Waals surface area contributed by atoms with E-state index in [1.807, 2.05) is 0 Å². The van der Waals surface area contributed by atoms with E-state index in [2.05, 4.69) is 10.6 Å². The van der Waals surface area contributed by atoms with Gasteiger partial charge in [0.2, 0.25) is 0 Å². The molecule has 0 aliphatic carbocycles. The van der Waals surface area contributed by atoms with Gasteiger partial charge in [-0.2, -0.15) is 0 Å². The average molecular weight is 277 g/mol. The summed E-state index contributed by atoms with van der Waals surface area (Å²) in [7, 11) is 0. The molecule has 0 spiro atoms. The smallest absolute Gasteiger partial charge is 0.273 e. The summed E-state index contributed by atoms with van der Waals surface area (Å²) in [5.41, 5.74) is 6.15. The zero-order valence-electron chi connectivity index (χ0n) is 9.80. The second-order valence-corrected chi connectivity index (χ2v) is 4.20. The van der Waals surface area contributed by atoms with E-state index >= 15 is 0 Å². The van der Waals surface area contributed by atoms with E-state index < -0.39 is 5.91 Å². The highest BCUT2D eigenvalue weighted by molar-refractivity contribution is 7.80. The van der Waals surface area contributed by atoms with Gasteiger partial charge in [0, 0.05) is 0 Å². The van der Waals surface area contributed by atoms with E-state index in [1.165, 1.54) is 0 Å². The molecule has 1 saturated heterocycles. The second-order valence-electron chi connectivity index (χ2n) is 3.79. The molecule has 0 aromatic heterocycles. The largest absolute Gasteiger partial charge is 0.484 e. The Morgan fingerprint density at radius 3 is 2.53 bits per heavy atom. The first-order valence-corrected chi connectivity index (χ1v) is 5.80. The van der Waals surface area contributed by atoms with Crippen molar-refractivity contribution in [2.45, 2.75) is 0 Å². The number of carbonyl (C=O) groups excluding carboxylic acids is 2. The molecular formula is C12H11N3O3S. The van der Waals surface area contributed by atoms with Gasteiger partial charge in [-0.3, -0.25) is 14.9 Å². The van der Waals surface area contributed by atoms with Crippen molar-refractivity contribution >= 4 is 35.2 Å². The average Bonchev–Trinajstić information content (AvgIpc) is 2.67. The quantitative estimate of drug-likeness (QED) is 0.527. The number of hydrogen-bond donors (Lipinski definition) is 3. The predicted molar refractivity (Wildman–Crippen MR) is 73.0 cm³/mol. The molecule has 1 aliphatic heterocycles. The molecule has 0 radical (unpaired) electrons. The highest BCUT2D eigenvalue weighted by Crippen LogP contribution is 2.14. The van der Waals surface area contributed by atoms with Crippen LogP contribution in [0.5, 0.6) is 5.75 Å². The minimum Gasteiger partial charge on any atom is -0.484 e. The fourth-order valence-electron chi connectivity index (χ4n) is 1.46. The third-order valence-electron chi connectivity index (χ3n) is 2.29. The first kappa shape index (κ1) is 13.0. The first-order chi connectivity index (χ1) is 9.04. The number of primary amides is 1. The molecule has 0 bridgehead atoms. The molecule has 7 heteroatoms. The molecule has 0 atom stereocenters. The Hall–Kier alpha value is -2.41. The lowest BCUT2D eigenvalue weighted by atomic mass is 10.2. The number of rotatable bonds is 4. The molecule has 2 rings (SSSR count). The van der Waals surface area contributed by atoms with Gasteiger partial charge >= 0.3 is 0 Å². The second kappa shape index (κ2) is 5.49. The summed E-state index contributed by atoms with van der Waals surface area (Å²) in [6, 6.07) is 6.86. The minimum atomic E-state index is -0.536. The molecular weight excluding hydrogens is 266 g/mol. The van der Waals surface area contributed by atoms with Gasteiger partial charge in [0.1, 0.15) is 11.4 Å². The summed E-state index contributed by atoms with van der Waals surface area (Å²) in [4.78, 5) is 22.0. The fraction of sp³-hybridized carbons (Fsp3) is 0.0833. The van der Waals surface area contributed by atoms with Crippen LogP contribution in [0.15, 0.2) is 30.0 Å². The summed E-state index contributed by atoms with van der Waals surface area (Å²) in [6.45, 7) is -0.168. The molecule has 1 heterocycles.